The van der Waals surface area contributed by atoms with E-state index < -0.39 is 59.7 Å². The fourth-order valence-electron chi connectivity index (χ4n) is 3.21. The van der Waals surface area contributed by atoms with Gasteiger partial charge in [-0.2, -0.15) is 0 Å². The van der Waals surface area contributed by atoms with Crippen LogP contribution in [0, 0.1) is 5.92 Å². The van der Waals surface area contributed by atoms with Crippen molar-refractivity contribution < 1.29 is 39.0 Å². The third-order valence-corrected chi connectivity index (χ3v) is 5.67. The molecule has 0 saturated carbocycles. The minimum Gasteiger partial charge on any atom is -0.481 e. The molecular formula is C22H40N6O8. The van der Waals surface area contributed by atoms with E-state index in [1.54, 1.807) is 13.8 Å². The molecule has 5 atom stereocenters. The van der Waals surface area contributed by atoms with Gasteiger partial charge in [0.25, 0.3) is 0 Å². The van der Waals surface area contributed by atoms with Gasteiger partial charge >= 0.3 is 11.9 Å². The molecule has 0 aliphatic heterocycles. The summed E-state index contributed by atoms with van der Waals surface area (Å²) in [6.07, 6.45) is 0.713. The number of carboxylic acids is 2. The van der Waals surface area contributed by atoms with E-state index in [9.17, 15) is 33.9 Å². The Hall–Kier alpha value is -3.26. The van der Waals surface area contributed by atoms with E-state index in [0.29, 0.717) is 25.8 Å². The molecule has 0 aliphatic rings. The van der Waals surface area contributed by atoms with Gasteiger partial charge in [-0.25, -0.2) is 4.79 Å². The highest BCUT2D eigenvalue weighted by Gasteiger charge is 2.32. The van der Waals surface area contributed by atoms with Crippen molar-refractivity contribution in [2.75, 3.05) is 6.54 Å². The third-order valence-electron chi connectivity index (χ3n) is 5.67. The molecule has 0 aromatic rings. The molecule has 0 aromatic heterocycles. The lowest BCUT2D eigenvalue weighted by Gasteiger charge is -2.28. The van der Waals surface area contributed by atoms with Crippen LogP contribution < -0.4 is 33.2 Å². The Morgan fingerprint density at radius 3 is 1.92 bits per heavy atom. The summed E-state index contributed by atoms with van der Waals surface area (Å²) in [6, 6.07) is -4.75. The number of primary amides is 1. The second-order valence-electron chi connectivity index (χ2n) is 8.66. The van der Waals surface area contributed by atoms with E-state index >= 15 is 0 Å². The van der Waals surface area contributed by atoms with Crippen molar-refractivity contribution in [2.45, 2.75) is 89.4 Å². The average molecular weight is 517 g/mol. The topological polar surface area (TPSA) is 257 Å². The summed E-state index contributed by atoms with van der Waals surface area (Å²) in [4.78, 5) is 71.7. The first kappa shape index (κ1) is 32.7. The highest BCUT2D eigenvalue weighted by atomic mass is 16.4. The highest BCUT2D eigenvalue weighted by Crippen LogP contribution is 2.11. The van der Waals surface area contributed by atoms with Crippen molar-refractivity contribution in [1.82, 2.24) is 16.0 Å². The number of unbranched alkanes of at least 4 members (excludes halogenated alkanes) is 1. The SMILES string of the molecule is CCC(C)C(NC(=O)C(N)CCC(=O)O)C(=O)NC(CCCCN)C(=O)NC(CCC(N)=O)C(=O)O. The molecule has 0 fully saturated rings. The van der Waals surface area contributed by atoms with Crippen LogP contribution in [0.4, 0.5) is 0 Å². The van der Waals surface area contributed by atoms with Gasteiger partial charge in [0.2, 0.25) is 23.6 Å². The fourth-order valence-corrected chi connectivity index (χ4v) is 3.21. The van der Waals surface area contributed by atoms with E-state index in [2.05, 4.69) is 16.0 Å². The van der Waals surface area contributed by atoms with Crippen LogP contribution >= 0.6 is 0 Å². The first-order valence-electron chi connectivity index (χ1n) is 11.9. The molecule has 206 valence electrons. The Morgan fingerprint density at radius 1 is 0.806 bits per heavy atom. The molecule has 0 aromatic carbocycles. The van der Waals surface area contributed by atoms with Crippen molar-refractivity contribution in [3.63, 3.8) is 0 Å². The van der Waals surface area contributed by atoms with Gasteiger partial charge in [0.15, 0.2) is 0 Å². The molecule has 14 nitrogen and oxygen atoms in total. The van der Waals surface area contributed by atoms with Crippen LogP contribution in [0.1, 0.15) is 65.2 Å². The molecule has 0 bridgehead atoms. The van der Waals surface area contributed by atoms with Crippen molar-refractivity contribution in [3.8, 4) is 0 Å². The van der Waals surface area contributed by atoms with Gasteiger partial charge in [-0.05, 0) is 44.6 Å². The quantitative estimate of drug-likeness (QED) is 0.0889. The van der Waals surface area contributed by atoms with E-state index in [-0.39, 0.29) is 38.0 Å². The Morgan fingerprint density at radius 2 is 1.42 bits per heavy atom. The van der Waals surface area contributed by atoms with E-state index in [4.69, 9.17) is 22.3 Å². The Labute approximate surface area is 210 Å². The first-order chi connectivity index (χ1) is 16.8. The summed E-state index contributed by atoms with van der Waals surface area (Å²) in [5.41, 5.74) is 16.3. The summed E-state index contributed by atoms with van der Waals surface area (Å²) < 4.78 is 0. The average Bonchev–Trinajstić information content (AvgIpc) is 2.81. The standard InChI is InChI=1S/C22H40N6O8/c1-3-12(2)18(28-19(32)13(24)7-10-17(30)31)21(34)26-14(6-4-5-11-23)20(33)27-15(22(35)36)8-9-16(25)29/h12-15,18H,3-11,23-24H2,1-2H3,(H2,25,29)(H,26,34)(H,27,33)(H,28,32)(H,30,31)(H,35,36). The van der Waals surface area contributed by atoms with Crippen molar-refractivity contribution >= 4 is 35.6 Å². The van der Waals surface area contributed by atoms with Gasteiger partial charge in [-0.3, -0.25) is 24.0 Å². The smallest absolute Gasteiger partial charge is 0.326 e. The lowest BCUT2D eigenvalue weighted by Crippen LogP contribution is -2.58. The van der Waals surface area contributed by atoms with Crippen molar-refractivity contribution in [3.05, 3.63) is 0 Å². The molecular weight excluding hydrogens is 476 g/mol. The Kier molecular flexibility index (Phi) is 15.7. The van der Waals surface area contributed by atoms with Crippen LogP contribution in [0.2, 0.25) is 0 Å². The zero-order valence-electron chi connectivity index (χ0n) is 20.8. The molecule has 0 heterocycles. The summed E-state index contributed by atoms with van der Waals surface area (Å²) in [6.45, 7) is 3.85. The predicted molar refractivity (Wildman–Crippen MR) is 129 cm³/mol. The molecule has 0 saturated heterocycles. The number of carbonyl (C=O) groups is 6. The first-order valence-corrected chi connectivity index (χ1v) is 11.9. The molecule has 0 spiro atoms. The van der Waals surface area contributed by atoms with Crippen LogP contribution in [0.15, 0.2) is 0 Å². The summed E-state index contributed by atoms with van der Waals surface area (Å²) in [7, 11) is 0. The summed E-state index contributed by atoms with van der Waals surface area (Å²) in [5, 5.41) is 25.6. The van der Waals surface area contributed by atoms with Crippen molar-refractivity contribution in [1.29, 1.82) is 0 Å². The normalized spacial score (nSPS) is 15.0. The van der Waals surface area contributed by atoms with Gasteiger partial charge < -0.3 is 43.4 Å². The highest BCUT2D eigenvalue weighted by molar-refractivity contribution is 5.94. The number of hydrogen-bond acceptors (Lipinski definition) is 8. The maximum Gasteiger partial charge on any atom is 0.326 e. The van der Waals surface area contributed by atoms with Crippen LogP contribution in [-0.4, -0.2) is 76.5 Å². The number of rotatable bonds is 19. The molecule has 0 aliphatic carbocycles. The molecule has 14 heteroatoms. The number of amides is 4. The van der Waals surface area contributed by atoms with Crippen molar-refractivity contribution in [2.24, 2.45) is 23.1 Å². The Bertz CT molecular complexity index is 778. The second kappa shape index (κ2) is 17.2. The second-order valence-corrected chi connectivity index (χ2v) is 8.66. The molecule has 11 N–H and O–H groups in total. The minimum absolute atomic E-state index is 0.123. The molecule has 4 amide bonds. The molecule has 0 rings (SSSR count). The van der Waals surface area contributed by atoms with Gasteiger partial charge in [0.1, 0.15) is 18.1 Å². The Balaban J connectivity index is 5.55. The lowest BCUT2D eigenvalue weighted by atomic mass is 9.96. The van der Waals surface area contributed by atoms with E-state index in [1.807, 2.05) is 0 Å². The molecule has 36 heavy (non-hydrogen) atoms. The number of carbonyl (C=O) groups excluding carboxylic acids is 4. The molecule has 0 radical (unpaired) electrons. The largest absolute Gasteiger partial charge is 0.481 e. The van der Waals surface area contributed by atoms with Crippen LogP contribution in [0.25, 0.3) is 0 Å². The van der Waals surface area contributed by atoms with Gasteiger partial charge in [0, 0.05) is 12.8 Å². The van der Waals surface area contributed by atoms with E-state index in [0.717, 1.165) is 0 Å². The number of nitrogens with one attached hydrogen (secondary N) is 3. The van der Waals surface area contributed by atoms with Gasteiger partial charge in [0.05, 0.1) is 6.04 Å². The van der Waals surface area contributed by atoms with Gasteiger partial charge in [-0.15, -0.1) is 0 Å². The zero-order chi connectivity index (χ0) is 27.8. The van der Waals surface area contributed by atoms with Crippen LogP contribution in [0.5, 0.6) is 0 Å². The van der Waals surface area contributed by atoms with Crippen LogP contribution in [-0.2, 0) is 28.8 Å². The van der Waals surface area contributed by atoms with E-state index in [1.165, 1.54) is 0 Å². The zero-order valence-corrected chi connectivity index (χ0v) is 20.8. The summed E-state index contributed by atoms with van der Waals surface area (Å²) in [5.74, 6) is -5.73. The maximum absolute atomic E-state index is 13.1. The number of hydrogen-bond donors (Lipinski definition) is 8. The lowest BCUT2D eigenvalue weighted by molar-refractivity contribution is -0.143. The number of nitrogens with two attached hydrogens (primary N) is 3. The third kappa shape index (κ3) is 13.0. The predicted octanol–water partition coefficient (Wildman–Crippen LogP) is -1.84. The van der Waals surface area contributed by atoms with Crippen LogP contribution in [0.3, 0.4) is 0 Å². The minimum atomic E-state index is -1.39. The fraction of sp³-hybridized carbons (Fsp3) is 0.727. The number of aliphatic carboxylic acids is 2. The summed E-state index contributed by atoms with van der Waals surface area (Å²) >= 11 is 0. The van der Waals surface area contributed by atoms with Gasteiger partial charge in [-0.1, -0.05) is 20.3 Å². The number of carboxylic acid groups (broad SMARTS) is 2. The molecule has 5 unspecified atom stereocenters. The monoisotopic (exact) mass is 516 g/mol. The maximum atomic E-state index is 13.1.